The Hall–Kier alpha value is -0.280. The maximum absolute atomic E-state index is 11.2. The minimum absolute atomic E-state index is 0.188. The fraction of sp³-hybridized carbons (Fsp3) is 0.967. The Morgan fingerprint density at radius 3 is 0.756 bits per heavy atom. The number of halogens is 1. The zero-order valence-electron chi connectivity index (χ0n) is 27.4. The van der Waals surface area contributed by atoms with Crippen molar-refractivity contribution in [3.8, 4) is 0 Å². The van der Waals surface area contributed by atoms with Crippen LogP contribution in [-0.4, -0.2) is 176 Å². The zero-order valence-corrected chi connectivity index (χ0v) is 29.5. The van der Waals surface area contributed by atoms with Crippen LogP contribution >= 0.6 is 22.6 Å². The molecule has 0 aliphatic rings. The average Bonchev–Trinajstić information content (AvgIpc) is 3.04. The van der Waals surface area contributed by atoms with Gasteiger partial charge in [-0.25, -0.2) is 0 Å². The molecule has 0 aromatic heterocycles. The van der Waals surface area contributed by atoms with E-state index in [2.05, 4.69) is 22.6 Å². The van der Waals surface area contributed by atoms with Crippen molar-refractivity contribution in [2.24, 2.45) is 0 Å². The summed E-state index contributed by atoms with van der Waals surface area (Å²) < 4.78 is 71.1. The van der Waals surface area contributed by atoms with E-state index < -0.39 is 0 Å². The van der Waals surface area contributed by atoms with Crippen molar-refractivity contribution in [3.05, 3.63) is 0 Å². The summed E-state index contributed by atoms with van der Waals surface area (Å²) in [6, 6.07) is 0. The van der Waals surface area contributed by atoms with Crippen LogP contribution in [-0.2, 0) is 66.4 Å². The van der Waals surface area contributed by atoms with Crippen LogP contribution in [0, 0.1) is 0 Å². The molecule has 270 valence electrons. The Morgan fingerprint density at radius 1 is 0.356 bits per heavy atom. The Labute approximate surface area is 283 Å². The molecule has 0 heterocycles. The van der Waals surface area contributed by atoms with Crippen LogP contribution in [0.5, 0.6) is 0 Å². The first-order chi connectivity index (χ1) is 22.3. The first-order valence-corrected chi connectivity index (χ1v) is 17.5. The summed E-state index contributed by atoms with van der Waals surface area (Å²) in [4.78, 5) is 11.2. The van der Waals surface area contributed by atoms with Gasteiger partial charge in [-0.05, 0) is 6.42 Å². The first kappa shape index (κ1) is 44.7. The summed E-state index contributed by atoms with van der Waals surface area (Å²) in [6.07, 6.45) is 1.23. The molecule has 0 radical (unpaired) electrons. The number of carbonyl (C=O) groups is 1. The smallest absolute Gasteiger partial charge is 0.305 e. The van der Waals surface area contributed by atoms with E-state index in [1.807, 2.05) is 6.92 Å². The molecule has 45 heavy (non-hydrogen) atoms. The normalized spacial score (nSPS) is 11.4. The standard InChI is InChI=1S/C30H59IO14/c1-2-3-30(32)45-29-28-44-27-26-43-25-24-42-23-22-41-21-20-40-19-18-39-17-16-38-15-14-37-13-12-36-11-10-35-9-8-34-7-6-33-5-4-31/h2-29H2,1H3. The molecule has 0 aliphatic heterocycles. The average molecular weight is 771 g/mol. The quantitative estimate of drug-likeness (QED) is 0.0389. The Bertz CT molecular complexity index is 565. The lowest BCUT2D eigenvalue weighted by Crippen LogP contribution is -2.15. The molecule has 14 nitrogen and oxygen atoms in total. The van der Waals surface area contributed by atoms with Gasteiger partial charge in [0.05, 0.1) is 159 Å². The molecule has 0 aliphatic carbocycles. The van der Waals surface area contributed by atoms with Gasteiger partial charge in [0, 0.05) is 10.8 Å². The summed E-state index contributed by atoms with van der Waals surface area (Å²) in [6.45, 7) is 14.7. The highest BCUT2D eigenvalue weighted by atomic mass is 127. The van der Waals surface area contributed by atoms with Crippen LogP contribution in [0.3, 0.4) is 0 Å². The van der Waals surface area contributed by atoms with E-state index in [0.29, 0.717) is 158 Å². The summed E-state index contributed by atoms with van der Waals surface area (Å²) in [5, 5.41) is 0. The molecular weight excluding hydrogens is 711 g/mol. The third kappa shape index (κ3) is 41.7. The number of esters is 1. The van der Waals surface area contributed by atoms with Gasteiger partial charge >= 0.3 is 5.97 Å². The van der Waals surface area contributed by atoms with Crippen molar-refractivity contribution in [3.63, 3.8) is 0 Å². The highest BCUT2D eigenvalue weighted by Gasteiger charge is 2.00. The van der Waals surface area contributed by atoms with E-state index in [-0.39, 0.29) is 12.6 Å². The number of alkyl halides is 1. The fourth-order valence-corrected chi connectivity index (χ4v) is 3.38. The molecule has 0 atom stereocenters. The van der Waals surface area contributed by atoms with Crippen LogP contribution in [0.4, 0.5) is 0 Å². The van der Waals surface area contributed by atoms with Gasteiger partial charge in [0.15, 0.2) is 0 Å². The van der Waals surface area contributed by atoms with E-state index >= 15 is 0 Å². The molecule has 0 saturated heterocycles. The second-order valence-corrected chi connectivity index (χ2v) is 10.1. The molecule has 0 fully saturated rings. The van der Waals surface area contributed by atoms with E-state index in [1.54, 1.807) is 0 Å². The van der Waals surface area contributed by atoms with Crippen molar-refractivity contribution < 1.29 is 66.4 Å². The molecule has 0 aromatic carbocycles. The van der Waals surface area contributed by atoms with Gasteiger partial charge in [-0.2, -0.15) is 0 Å². The highest BCUT2D eigenvalue weighted by molar-refractivity contribution is 14.1. The summed E-state index contributed by atoms with van der Waals surface area (Å²) in [7, 11) is 0. The van der Waals surface area contributed by atoms with Gasteiger partial charge in [-0.3, -0.25) is 4.79 Å². The fourth-order valence-electron chi connectivity index (χ4n) is 3.07. The van der Waals surface area contributed by atoms with Gasteiger partial charge in [-0.15, -0.1) is 0 Å². The number of hydrogen-bond acceptors (Lipinski definition) is 14. The Balaban J connectivity index is 3.05. The van der Waals surface area contributed by atoms with E-state index in [0.717, 1.165) is 17.5 Å². The highest BCUT2D eigenvalue weighted by Crippen LogP contribution is 1.91. The number of hydrogen-bond donors (Lipinski definition) is 0. The van der Waals surface area contributed by atoms with E-state index in [9.17, 15) is 4.79 Å². The predicted octanol–water partition coefficient (Wildman–Crippen LogP) is 1.96. The number of rotatable bonds is 40. The van der Waals surface area contributed by atoms with Crippen molar-refractivity contribution in [1.82, 2.24) is 0 Å². The summed E-state index contributed by atoms with van der Waals surface area (Å²) in [5.74, 6) is -0.188. The minimum Gasteiger partial charge on any atom is -0.463 e. The molecule has 0 bridgehead atoms. The number of carbonyl (C=O) groups excluding carboxylic acids is 1. The van der Waals surface area contributed by atoms with Gasteiger partial charge in [0.2, 0.25) is 0 Å². The molecular formula is C30H59IO14. The maximum Gasteiger partial charge on any atom is 0.305 e. The maximum atomic E-state index is 11.2. The minimum atomic E-state index is -0.188. The van der Waals surface area contributed by atoms with E-state index in [4.69, 9.17) is 61.6 Å². The van der Waals surface area contributed by atoms with Crippen LogP contribution in [0.25, 0.3) is 0 Å². The van der Waals surface area contributed by atoms with Crippen LogP contribution in [0.15, 0.2) is 0 Å². The third-order valence-corrected chi connectivity index (χ3v) is 5.70. The lowest BCUT2D eigenvalue weighted by atomic mass is 10.3. The molecule has 15 heteroatoms. The van der Waals surface area contributed by atoms with Gasteiger partial charge in [-0.1, -0.05) is 29.5 Å². The van der Waals surface area contributed by atoms with Gasteiger partial charge < -0.3 is 61.6 Å². The largest absolute Gasteiger partial charge is 0.463 e. The first-order valence-electron chi connectivity index (χ1n) is 16.0. The van der Waals surface area contributed by atoms with Crippen LogP contribution in [0.1, 0.15) is 19.8 Å². The summed E-state index contributed by atoms with van der Waals surface area (Å²) in [5.41, 5.74) is 0. The molecule has 0 amide bonds. The molecule has 0 saturated carbocycles. The van der Waals surface area contributed by atoms with Crippen molar-refractivity contribution in [1.29, 1.82) is 0 Å². The van der Waals surface area contributed by atoms with Crippen molar-refractivity contribution in [2.75, 3.05) is 170 Å². The second-order valence-electron chi connectivity index (χ2n) is 9.01. The predicted molar refractivity (Wildman–Crippen MR) is 175 cm³/mol. The van der Waals surface area contributed by atoms with Gasteiger partial charge in [0.25, 0.3) is 0 Å². The van der Waals surface area contributed by atoms with Crippen molar-refractivity contribution >= 4 is 28.6 Å². The van der Waals surface area contributed by atoms with Crippen molar-refractivity contribution in [2.45, 2.75) is 19.8 Å². The van der Waals surface area contributed by atoms with Crippen LogP contribution in [0.2, 0.25) is 0 Å². The van der Waals surface area contributed by atoms with Crippen LogP contribution < -0.4 is 0 Å². The number of ether oxygens (including phenoxy) is 13. The second kappa shape index (κ2) is 41.7. The van der Waals surface area contributed by atoms with E-state index in [1.165, 1.54) is 0 Å². The summed E-state index contributed by atoms with van der Waals surface area (Å²) >= 11 is 2.28. The molecule has 0 rings (SSSR count). The molecule has 0 unspecified atom stereocenters. The SMILES string of the molecule is CCCC(=O)OCCOCCOCCOCCOCCOCCOCCOCCOCCOCCOCCOCCOCCI. The lowest BCUT2D eigenvalue weighted by molar-refractivity contribution is -0.145. The molecule has 0 aromatic rings. The monoisotopic (exact) mass is 770 g/mol. The Morgan fingerprint density at radius 2 is 0.556 bits per heavy atom. The molecule has 0 N–H and O–H groups in total. The third-order valence-electron chi connectivity index (χ3n) is 5.26. The Kier molecular flexibility index (Phi) is 41.5. The lowest BCUT2D eigenvalue weighted by Gasteiger charge is -2.09. The van der Waals surface area contributed by atoms with Gasteiger partial charge in [0.1, 0.15) is 6.61 Å². The topological polar surface area (TPSA) is 137 Å². The zero-order chi connectivity index (χ0) is 32.6. The molecule has 0 spiro atoms.